The Morgan fingerprint density at radius 1 is 1.00 bits per heavy atom. The fraction of sp³-hybridized carbons (Fsp3) is 0.111. The van der Waals surface area contributed by atoms with Crippen LogP contribution in [0.15, 0.2) is 54.1 Å². The number of aromatic hydroxyl groups is 1. The van der Waals surface area contributed by atoms with Crippen molar-refractivity contribution in [2.45, 2.75) is 6.10 Å². The van der Waals surface area contributed by atoms with Crippen molar-refractivity contribution in [3.8, 4) is 11.5 Å². The van der Waals surface area contributed by atoms with Gasteiger partial charge < -0.3 is 14.9 Å². The van der Waals surface area contributed by atoms with E-state index in [9.17, 15) is 19.8 Å². The lowest BCUT2D eigenvalue weighted by Crippen LogP contribution is -2.21. The summed E-state index contributed by atoms with van der Waals surface area (Å²) < 4.78 is 4.99. The maximum Gasteiger partial charge on any atom is 0.192 e. The number of rotatable bonds is 3. The smallest absolute Gasteiger partial charge is 0.192 e. The van der Waals surface area contributed by atoms with E-state index in [0.29, 0.717) is 5.56 Å². The highest BCUT2D eigenvalue weighted by Gasteiger charge is 2.31. The normalized spacial score (nSPS) is 15.0. The van der Waals surface area contributed by atoms with Gasteiger partial charge in [0.1, 0.15) is 6.10 Å². The molecule has 0 aliphatic heterocycles. The molecule has 0 fully saturated rings. The van der Waals surface area contributed by atoms with Crippen molar-refractivity contribution in [2.75, 3.05) is 7.11 Å². The molecule has 0 saturated carbocycles. The largest absolute Gasteiger partial charge is 0.504 e. The van der Waals surface area contributed by atoms with Gasteiger partial charge in [-0.25, -0.2) is 0 Å². The van der Waals surface area contributed by atoms with Crippen LogP contribution in [0.2, 0.25) is 0 Å². The Hall–Kier alpha value is -2.92. The molecular formula is C18H14O5. The van der Waals surface area contributed by atoms with E-state index in [-0.39, 0.29) is 34.0 Å². The number of aliphatic hydroxyl groups excluding tert-OH is 1. The molecule has 23 heavy (non-hydrogen) atoms. The van der Waals surface area contributed by atoms with Crippen molar-refractivity contribution < 1.29 is 24.5 Å². The average Bonchev–Trinajstić information content (AvgIpc) is 2.58. The van der Waals surface area contributed by atoms with Crippen LogP contribution in [0, 0.1) is 0 Å². The number of methoxy groups -OCH3 is 1. The fourth-order valence-corrected chi connectivity index (χ4v) is 2.63. The molecule has 0 amide bonds. The summed E-state index contributed by atoms with van der Waals surface area (Å²) in [7, 11) is 1.38. The summed E-state index contributed by atoms with van der Waals surface area (Å²) in [4.78, 5) is 24.7. The summed E-state index contributed by atoms with van der Waals surface area (Å²) in [6, 6.07) is 11.0. The first-order valence-corrected chi connectivity index (χ1v) is 6.98. The molecule has 1 aliphatic rings. The number of carbonyl (C=O) groups is 2. The molecule has 0 heterocycles. The molecule has 0 spiro atoms. The van der Waals surface area contributed by atoms with E-state index in [1.54, 1.807) is 30.3 Å². The van der Waals surface area contributed by atoms with Gasteiger partial charge in [-0.1, -0.05) is 36.4 Å². The predicted molar refractivity (Wildman–Crippen MR) is 82.8 cm³/mol. The molecule has 1 atom stereocenters. The molecule has 2 N–H and O–H groups in total. The number of phenols is 1. The highest BCUT2D eigenvalue weighted by atomic mass is 16.5. The van der Waals surface area contributed by atoms with E-state index < -0.39 is 11.9 Å². The quantitative estimate of drug-likeness (QED) is 0.909. The number of benzene rings is 2. The van der Waals surface area contributed by atoms with E-state index in [2.05, 4.69) is 0 Å². The highest BCUT2D eigenvalue weighted by Crippen LogP contribution is 2.38. The number of hydrogen-bond acceptors (Lipinski definition) is 5. The van der Waals surface area contributed by atoms with E-state index in [1.165, 1.54) is 19.2 Å². The Bertz CT molecular complexity index is 835. The van der Waals surface area contributed by atoms with Crippen LogP contribution in [-0.2, 0) is 0 Å². The molecule has 1 aliphatic carbocycles. The number of ketones is 2. The van der Waals surface area contributed by atoms with Gasteiger partial charge in [-0.2, -0.15) is 0 Å². The van der Waals surface area contributed by atoms with Gasteiger partial charge in [0, 0.05) is 22.3 Å². The molecule has 0 aromatic heterocycles. The van der Waals surface area contributed by atoms with Gasteiger partial charge in [0.05, 0.1) is 7.11 Å². The SMILES string of the molecule is COc1cccc(C(O)C2=CC(=O)c3ccccc3C2=O)c1O. The fourth-order valence-electron chi connectivity index (χ4n) is 2.63. The summed E-state index contributed by atoms with van der Waals surface area (Å²) >= 11 is 0. The van der Waals surface area contributed by atoms with E-state index in [1.807, 2.05) is 0 Å². The van der Waals surface area contributed by atoms with Crippen molar-refractivity contribution in [1.29, 1.82) is 0 Å². The van der Waals surface area contributed by atoms with Crippen LogP contribution in [0.1, 0.15) is 32.4 Å². The van der Waals surface area contributed by atoms with Crippen molar-refractivity contribution in [2.24, 2.45) is 0 Å². The lowest BCUT2D eigenvalue weighted by molar-refractivity contribution is 0.0945. The highest BCUT2D eigenvalue weighted by molar-refractivity contribution is 6.24. The number of fused-ring (bicyclic) bond motifs is 1. The molecule has 1 unspecified atom stereocenters. The first-order chi connectivity index (χ1) is 11.0. The molecule has 0 bridgehead atoms. The van der Waals surface area contributed by atoms with Gasteiger partial charge in [-0.05, 0) is 12.1 Å². The zero-order chi connectivity index (χ0) is 16.6. The Kier molecular flexibility index (Phi) is 3.72. The summed E-state index contributed by atoms with van der Waals surface area (Å²) in [6.45, 7) is 0. The van der Waals surface area contributed by atoms with Gasteiger partial charge in [-0.15, -0.1) is 0 Å². The standard InChI is InChI=1S/C18H14O5/c1-23-15-8-4-7-12(18(15)22)17(21)13-9-14(19)10-5-2-3-6-11(10)16(13)20/h2-9,17,21-22H,1H3. The van der Waals surface area contributed by atoms with Gasteiger partial charge in [-0.3, -0.25) is 9.59 Å². The number of Topliss-reactive ketones (excluding diaryl/α,β-unsaturated/α-hetero) is 1. The predicted octanol–water partition coefficient (Wildman–Crippen LogP) is 2.44. The number of ether oxygens (including phenoxy) is 1. The average molecular weight is 310 g/mol. The van der Waals surface area contributed by atoms with Crippen molar-refractivity contribution in [1.82, 2.24) is 0 Å². The minimum Gasteiger partial charge on any atom is -0.504 e. The third kappa shape index (κ3) is 2.41. The lowest BCUT2D eigenvalue weighted by atomic mass is 9.85. The van der Waals surface area contributed by atoms with Gasteiger partial charge >= 0.3 is 0 Å². The topological polar surface area (TPSA) is 83.8 Å². The lowest BCUT2D eigenvalue weighted by Gasteiger charge is -2.20. The van der Waals surface area contributed by atoms with Crippen LogP contribution in [0.5, 0.6) is 11.5 Å². The number of hydrogen-bond donors (Lipinski definition) is 2. The van der Waals surface area contributed by atoms with Crippen molar-refractivity contribution in [3.05, 3.63) is 70.8 Å². The van der Waals surface area contributed by atoms with Gasteiger partial charge in [0.15, 0.2) is 23.1 Å². The number of allylic oxidation sites excluding steroid dienone is 1. The first kappa shape index (κ1) is 15.0. The molecule has 0 saturated heterocycles. The number of para-hydroxylation sites is 1. The van der Waals surface area contributed by atoms with Crippen molar-refractivity contribution >= 4 is 11.6 Å². The molecular weight excluding hydrogens is 296 g/mol. The first-order valence-electron chi connectivity index (χ1n) is 6.98. The zero-order valence-corrected chi connectivity index (χ0v) is 12.3. The second-order valence-corrected chi connectivity index (χ2v) is 5.14. The Labute approximate surface area is 132 Å². The van der Waals surface area contributed by atoms with Gasteiger partial charge in [0.2, 0.25) is 0 Å². The molecule has 2 aromatic carbocycles. The molecule has 3 rings (SSSR count). The maximum absolute atomic E-state index is 12.5. The van der Waals surface area contributed by atoms with E-state index in [0.717, 1.165) is 6.08 Å². The number of carbonyl (C=O) groups excluding carboxylic acids is 2. The molecule has 0 radical (unpaired) electrons. The number of phenolic OH excluding ortho intramolecular Hbond substituents is 1. The summed E-state index contributed by atoms with van der Waals surface area (Å²) in [5, 5.41) is 20.6. The van der Waals surface area contributed by atoms with Crippen LogP contribution in [0.4, 0.5) is 0 Å². The van der Waals surface area contributed by atoms with Crippen LogP contribution in [-0.4, -0.2) is 28.9 Å². The third-order valence-electron chi connectivity index (χ3n) is 3.83. The Morgan fingerprint density at radius 2 is 1.70 bits per heavy atom. The minimum atomic E-state index is -1.42. The molecule has 5 heteroatoms. The Morgan fingerprint density at radius 3 is 2.39 bits per heavy atom. The van der Waals surface area contributed by atoms with E-state index in [4.69, 9.17) is 4.74 Å². The Balaban J connectivity index is 2.06. The van der Waals surface area contributed by atoms with Gasteiger partial charge in [0.25, 0.3) is 0 Å². The van der Waals surface area contributed by atoms with Crippen LogP contribution in [0.25, 0.3) is 0 Å². The minimum absolute atomic E-state index is 0.0720. The maximum atomic E-state index is 12.5. The van der Waals surface area contributed by atoms with Crippen LogP contribution in [0.3, 0.4) is 0 Å². The molecule has 5 nitrogen and oxygen atoms in total. The van der Waals surface area contributed by atoms with Crippen molar-refractivity contribution in [3.63, 3.8) is 0 Å². The second kappa shape index (κ2) is 5.70. The summed E-state index contributed by atoms with van der Waals surface area (Å²) in [5.41, 5.74) is 0.591. The zero-order valence-electron chi connectivity index (χ0n) is 12.3. The van der Waals surface area contributed by atoms with Crippen LogP contribution < -0.4 is 4.74 Å². The molecule has 116 valence electrons. The van der Waals surface area contributed by atoms with Crippen LogP contribution >= 0.6 is 0 Å². The number of aliphatic hydroxyl groups is 1. The summed E-state index contributed by atoms with van der Waals surface area (Å²) in [6.07, 6.45) is -0.302. The van der Waals surface area contributed by atoms with E-state index >= 15 is 0 Å². The summed E-state index contributed by atoms with van der Waals surface area (Å²) in [5.74, 6) is -0.869. The third-order valence-corrected chi connectivity index (χ3v) is 3.83. The molecule has 2 aromatic rings. The second-order valence-electron chi connectivity index (χ2n) is 5.14. The monoisotopic (exact) mass is 310 g/mol.